The molecule has 0 aliphatic heterocycles. The van der Waals surface area contributed by atoms with Crippen molar-refractivity contribution in [3.63, 3.8) is 0 Å². The summed E-state index contributed by atoms with van der Waals surface area (Å²) in [6.45, 7) is 0.183. The molecule has 5 nitrogen and oxygen atoms in total. The fourth-order valence-electron chi connectivity index (χ4n) is 1.56. The van der Waals surface area contributed by atoms with Gasteiger partial charge in [-0.15, -0.1) is 0 Å². The maximum absolute atomic E-state index is 11.8. The fourth-order valence-corrected chi connectivity index (χ4v) is 1.56. The van der Waals surface area contributed by atoms with E-state index in [4.69, 9.17) is 14.9 Å². The van der Waals surface area contributed by atoms with Crippen molar-refractivity contribution in [3.05, 3.63) is 35.9 Å². The van der Waals surface area contributed by atoms with E-state index in [0.717, 1.165) is 11.3 Å². The molecule has 1 rings (SSSR count). The summed E-state index contributed by atoms with van der Waals surface area (Å²) >= 11 is 0. The Kier molecular flexibility index (Phi) is 6.63. The van der Waals surface area contributed by atoms with Gasteiger partial charge in [-0.1, -0.05) is 12.1 Å². The molecular formula is C14H19NO4. The molecule has 0 atom stereocenters. The molecule has 0 aromatic heterocycles. The topological polar surface area (TPSA) is 70.0 Å². The molecule has 0 unspecified atom stereocenters. The highest BCUT2D eigenvalue weighted by atomic mass is 16.5. The highest BCUT2D eigenvalue weighted by Gasteiger charge is 2.08. The molecule has 0 aliphatic rings. The average molecular weight is 265 g/mol. The molecule has 1 aromatic rings. The molecule has 5 heteroatoms. The molecule has 0 saturated carbocycles. The predicted molar refractivity (Wildman–Crippen MR) is 72.8 cm³/mol. The Hall–Kier alpha value is -1.85. The van der Waals surface area contributed by atoms with E-state index in [-0.39, 0.29) is 32.2 Å². The Morgan fingerprint density at radius 2 is 1.79 bits per heavy atom. The first-order valence-corrected chi connectivity index (χ1v) is 6.04. The van der Waals surface area contributed by atoms with Crippen LogP contribution >= 0.6 is 0 Å². The quantitative estimate of drug-likeness (QED) is 0.705. The van der Waals surface area contributed by atoms with Crippen LogP contribution in [0.15, 0.2) is 30.3 Å². The Morgan fingerprint density at radius 1 is 1.21 bits per heavy atom. The lowest BCUT2D eigenvalue weighted by atomic mass is 10.2. The molecule has 19 heavy (non-hydrogen) atoms. The van der Waals surface area contributed by atoms with Crippen molar-refractivity contribution in [2.24, 2.45) is 0 Å². The van der Waals surface area contributed by atoms with Crippen molar-refractivity contribution in [3.8, 4) is 5.75 Å². The summed E-state index contributed by atoms with van der Waals surface area (Å²) in [5, 5.41) is 17.7. The van der Waals surface area contributed by atoms with E-state index in [9.17, 15) is 4.79 Å². The first-order chi connectivity index (χ1) is 9.21. The van der Waals surface area contributed by atoms with Crippen molar-refractivity contribution in [1.82, 2.24) is 4.90 Å². The third-order valence-corrected chi connectivity index (χ3v) is 2.59. The minimum atomic E-state index is -0.237. The second kappa shape index (κ2) is 8.29. The maximum atomic E-state index is 11.8. The molecule has 2 N–H and O–H groups in total. The molecule has 104 valence electrons. The average Bonchev–Trinajstić information content (AvgIpc) is 2.45. The number of benzene rings is 1. The van der Waals surface area contributed by atoms with Gasteiger partial charge in [-0.25, -0.2) is 0 Å². The highest BCUT2D eigenvalue weighted by Crippen LogP contribution is 2.12. The van der Waals surface area contributed by atoms with Crippen LogP contribution in [0.4, 0.5) is 0 Å². The van der Waals surface area contributed by atoms with Crippen LogP contribution in [-0.2, 0) is 4.79 Å². The molecule has 0 aliphatic carbocycles. The number of aliphatic hydroxyl groups excluding tert-OH is 2. The first-order valence-electron chi connectivity index (χ1n) is 6.04. The van der Waals surface area contributed by atoms with Crippen LogP contribution in [0.1, 0.15) is 5.56 Å². The number of hydrogen-bond donors (Lipinski definition) is 2. The third kappa shape index (κ3) is 5.11. The molecule has 0 heterocycles. The summed E-state index contributed by atoms with van der Waals surface area (Å²) in [5.41, 5.74) is 0.877. The van der Waals surface area contributed by atoms with Crippen LogP contribution in [0.25, 0.3) is 6.08 Å². The van der Waals surface area contributed by atoms with Crippen LogP contribution in [0.2, 0.25) is 0 Å². The van der Waals surface area contributed by atoms with Gasteiger partial charge in [0.1, 0.15) is 5.75 Å². The SMILES string of the molecule is COc1ccc(C=CC(=O)N(CCO)CCO)cc1. The zero-order valence-electron chi connectivity index (χ0n) is 11.0. The summed E-state index contributed by atoms with van der Waals surface area (Å²) in [7, 11) is 1.59. The summed E-state index contributed by atoms with van der Waals surface area (Å²) in [4.78, 5) is 13.2. The molecular weight excluding hydrogens is 246 g/mol. The van der Waals surface area contributed by atoms with Gasteiger partial charge in [-0.2, -0.15) is 0 Å². The van der Waals surface area contributed by atoms with Gasteiger partial charge in [0.25, 0.3) is 0 Å². The molecule has 0 spiro atoms. The normalized spacial score (nSPS) is 10.7. The number of carbonyl (C=O) groups is 1. The lowest BCUT2D eigenvalue weighted by molar-refractivity contribution is -0.126. The van der Waals surface area contributed by atoms with Crippen molar-refractivity contribution >= 4 is 12.0 Å². The van der Waals surface area contributed by atoms with E-state index in [1.165, 1.54) is 11.0 Å². The monoisotopic (exact) mass is 265 g/mol. The smallest absolute Gasteiger partial charge is 0.246 e. The number of ether oxygens (including phenoxy) is 1. The third-order valence-electron chi connectivity index (χ3n) is 2.59. The molecule has 0 radical (unpaired) electrons. The lowest BCUT2D eigenvalue weighted by Gasteiger charge is -2.18. The van der Waals surface area contributed by atoms with Crippen LogP contribution in [-0.4, -0.2) is 54.4 Å². The summed E-state index contributed by atoms with van der Waals surface area (Å²) in [5.74, 6) is 0.518. The summed E-state index contributed by atoms with van der Waals surface area (Å²) in [6, 6.07) is 7.29. The van der Waals surface area contributed by atoms with E-state index >= 15 is 0 Å². The number of rotatable bonds is 7. The first kappa shape index (κ1) is 15.2. The number of amides is 1. The van der Waals surface area contributed by atoms with Gasteiger partial charge >= 0.3 is 0 Å². The molecule has 1 amide bonds. The van der Waals surface area contributed by atoms with Crippen LogP contribution in [0.5, 0.6) is 5.75 Å². The number of aliphatic hydroxyl groups is 2. The zero-order chi connectivity index (χ0) is 14.1. The van der Waals surface area contributed by atoms with Crippen molar-refractivity contribution < 1.29 is 19.7 Å². The summed E-state index contributed by atoms with van der Waals surface area (Å²) < 4.78 is 5.04. The Balaban J connectivity index is 2.64. The second-order valence-electron chi connectivity index (χ2n) is 3.88. The van der Waals surface area contributed by atoms with Crippen molar-refractivity contribution in [2.45, 2.75) is 0 Å². The van der Waals surface area contributed by atoms with Gasteiger partial charge in [-0.3, -0.25) is 4.79 Å². The molecule has 0 bridgehead atoms. The lowest BCUT2D eigenvalue weighted by Crippen LogP contribution is -2.34. The van der Waals surface area contributed by atoms with Gasteiger partial charge < -0.3 is 19.8 Å². The van der Waals surface area contributed by atoms with Gasteiger partial charge in [0.2, 0.25) is 5.91 Å². The zero-order valence-corrected chi connectivity index (χ0v) is 11.0. The molecule has 0 saturated heterocycles. The number of nitrogens with zero attached hydrogens (tertiary/aromatic N) is 1. The van der Waals surface area contributed by atoms with Gasteiger partial charge in [-0.05, 0) is 23.8 Å². The van der Waals surface area contributed by atoms with Crippen LogP contribution < -0.4 is 4.74 Å². The fraction of sp³-hybridized carbons (Fsp3) is 0.357. The molecule has 1 aromatic carbocycles. The Labute approximate surface area is 112 Å². The Bertz CT molecular complexity index is 408. The largest absolute Gasteiger partial charge is 0.497 e. The maximum Gasteiger partial charge on any atom is 0.246 e. The second-order valence-corrected chi connectivity index (χ2v) is 3.88. The van der Waals surface area contributed by atoms with E-state index in [2.05, 4.69) is 0 Å². The predicted octanol–water partition coefficient (Wildman–Crippen LogP) is 0.522. The van der Waals surface area contributed by atoms with Gasteiger partial charge in [0.15, 0.2) is 0 Å². The Morgan fingerprint density at radius 3 is 2.26 bits per heavy atom. The summed E-state index contributed by atoms with van der Waals surface area (Å²) in [6.07, 6.45) is 3.11. The van der Waals surface area contributed by atoms with E-state index in [1.807, 2.05) is 24.3 Å². The van der Waals surface area contributed by atoms with Crippen LogP contribution in [0.3, 0.4) is 0 Å². The van der Waals surface area contributed by atoms with E-state index in [0.29, 0.717) is 0 Å². The number of methoxy groups -OCH3 is 1. The number of hydrogen-bond acceptors (Lipinski definition) is 4. The minimum Gasteiger partial charge on any atom is -0.497 e. The van der Waals surface area contributed by atoms with Crippen molar-refractivity contribution in [2.75, 3.05) is 33.4 Å². The van der Waals surface area contributed by atoms with Gasteiger partial charge in [0, 0.05) is 19.2 Å². The minimum absolute atomic E-state index is 0.123. The van der Waals surface area contributed by atoms with Gasteiger partial charge in [0.05, 0.1) is 20.3 Å². The standard InChI is InChI=1S/C14H19NO4/c1-19-13-5-2-12(3-6-13)4-7-14(18)15(8-10-16)9-11-17/h2-7,16-17H,8-11H2,1H3. The highest BCUT2D eigenvalue weighted by molar-refractivity contribution is 5.91. The van der Waals surface area contributed by atoms with Crippen molar-refractivity contribution in [1.29, 1.82) is 0 Å². The van der Waals surface area contributed by atoms with Crippen LogP contribution in [0, 0.1) is 0 Å². The molecule has 0 fully saturated rings. The number of carbonyl (C=O) groups excluding carboxylic acids is 1. The van der Waals surface area contributed by atoms with E-state index in [1.54, 1.807) is 13.2 Å². The van der Waals surface area contributed by atoms with E-state index < -0.39 is 0 Å².